The topological polar surface area (TPSA) is 41.6 Å². The van der Waals surface area contributed by atoms with Crippen molar-refractivity contribution >= 4 is 5.91 Å². The van der Waals surface area contributed by atoms with Crippen LogP contribution in [0.25, 0.3) is 0 Å². The van der Waals surface area contributed by atoms with Crippen molar-refractivity contribution in [2.45, 2.75) is 39.0 Å². The van der Waals surface area contributed by atoms with Crippen LogP contribution in [-0.2, 0) is 9.53 Å². The first-order chi connectivity index (χ1) is 8.33. The largest absolute Gasteiger partial charge is 0.379 e. The smallest absolute Gasteiger partial charge is 0.234 e. The van der Waals surface area contributed by atoms with E-state index in [1.807, 2.05) is 0 Å². The standard InChI is InChI=1S/C13H26N2O2/c1-2-3-4-5-6-7-14-13(16)12-15-8-10-17-11-9-15/h2-12H2,1H3,(H,14,16). The number of amides is 1. The van der Waals surface area contributed by atoms with Crippen LogP contribution in [0.1, 0.15) is 39.0 Å². The predicted molar refractivity (Wildman–Crippen MR) is 69.0 cm³/mol. The zero-order valence-electron chi connectivity index (χ0n) is 11.0. The van der Waals surface area contributed by atoms with Crippen molar-refractivity contribution < 1.29 is 9.53 Å². The van der Waals surface area contributed by atoms with Crippen LogP contribution >= 0.6 is 0 Å². The van der Waals surface area contributed by atoms with Crippen LogP contribution in [0.2, 0.25) is 0 Å². The van der Waals surface area contributed by atoms with Gasteiger partial charge in [-0.15, -0.1) is 0 Å². The van der Waals surface area contributed by atoms with Crippen LogP contribution in [0.3, 0.4) is 0 Å². The SMILES string of the molecule is CCCCCCCNC(=O)CN1CCOCC1. The highest BCUT2D eigenvalue weighted by atomic mass is 16.5. The van der Waals surface area contributed by atoms with Gasteiger partial charge in [-0.3, -0.25) is 9.69 Å². The quantitative estimate of drug-likeness (QED) is 0.654. The zero-order chi connectivity index (χ0) is 12.3. The molecule has 1 aliphatic rings. The zero-order valence-corrected chi connectivity index (χ0v) is 11.0. The van der Waals surface area contributed by atoms with Gasteiger partial charge >= 0.3 is 0 Å². The molecule has 0 aromatic carbocycles. The molecule has 1 N–H and O–H groups in total. The third-order valence-electron chi connectivity index (χ3n) is 3.07. The van der Waals surface area contributed by atoms with E-state index in [4.69, 9.17) is 4.74 Å². The number of morpholine rings is 1. The van der Waals surface area contributed by atoms with Gasteiger partial charge in [-0.2, -0.15) is 0 Å². The Hall–Kier alpha value is -0.610. The summed E-state index contributed by atoms with van der Waals surface area (Å²) in [5, 5.41) is 2.99. The van der Waals surface area contributed by atoms with Gasteiger partial charge in [0.2, 0.25) is 5.91 Å². The molecule has 0 aromatic rings. The molecule has 0 unspecified atom stereocenters. The Morgan fingerprint density at radius 2 is 1.88 bits per heavy atom. The third-order valence-corrected chi connectivity index (χ3v) is 3.07. The number of nitrogens with zero attached hydrogens (tertiary/aromatic N) is 1. The van der Waals surface area contributed by atoms with Crippen molar-refractivity contribution in [2.75, 3.05) is 39.4 Å². The summed E-state index contributed by atoms with van der Waals surface area (Å²) in [4.78, 5) is 13.8. The van der Waals surface area contributed by atoms with E-state index >= 15 is 0 Å². The van der Waals surface area contributed by atoms with Crippen molar-refractivity contribution in [2.24, 2.45) is 0 Å². The molecule has 1 amide bonds. The van der Waals surface area contributed by atoms with E-state index in [9.17, 15) is 4.79 Å². The molecular weight excluding hydrogens is 216 g/mol. The molecule has 4 heteroatoms. The van der Waals surface area contributed by atoms with Crippen LogP contribution in [0, 0.1) is 0 Å². The molecule has 0 radical (unpaired) electrons. The Kier molecular flexibility index (Phi) is 8.01. The number of hydrogen-bond acceptors (Lipinski definition) is 3. The number of rotatable bonds is 8. The highest BCUT2D eigenvalue weighted by Crippen LogP contribution is 2.01. The van der Waals surface area contributed by atoms with Crippen molar-refractivity contribution in [3.8, 4) is 0 Å². The van der Waals surface area contributed by atoms with Crippen LogP contribution < -0.4 is 5.32 Å². The summed E-state index contributed by atoms with van der Waals surface area (Å²) in [6.45, 7) is 6.83. The predicted octanol–water partition coefficient (Wildman–Crippen LogP) is 1.41. The first-order valence-electron chi connectivity index (χ1n) is 6.89. The normalized spacial score (nSPS) is 17.0. The van der Waals surface area contributed by atoms with Crippen molar-refractivity contribution in [3.63, 3.8) is 0 Å². The van der Waals surface area contributed by atoms with Gasteiger partial charge in [-0.25, -0.2) is 0 Å². The molecule has 1 saturated heterocycles. The Labute approximate surface area is 105 Å². The molecule has 1 heterocycles. The second kappa shape index (κ2) is 9.42. The van der Waals surface area contributed by atoms with Gasteiger partial charge < -0.3 is 10.1 Å². The molecule has 0 saturated carbocycles. The number of unbranched alkanes of at least 4 members (excludes halogenated alkanes) is 4. The summed E-state index contributed by atoms with van der Waals surface area (Å²) < 4.78 is 5.24. The Morgan fingerprint density at radius 1 is 1.18 bits per heavy atom. The first-order valence-corrected chi connectivity index (χ1v) is 6.89. The van der Waals surface area contributed by atoms with Crippen molar-refractivity contribution in [1.82, 2.24) is 10.2 Å². The Morgan fingerprint density at radius 3 is 2.59 bits per heavy atom. The number of nitrogens with one attached hydrogen (secondary N) is 1. The van der Waals surface area contributed by atoms with Crippen LogP contribution in [0.15, 0.2) is 0 Å². The number of ether oxygens (including phenoxy) is 1. The van der Waals surface area contributed by atoms with E-state index in [2.05, 4.69) is 17.1 Å². The van der Waals surface area contributed by atoms with E-state index in [0.717, 1.165) is 39.3 Å². The number of hydrogen-bond donors (Lipinski definition) is 1. The number of carbonyl (C=O) groups is 1. The van der Waals surface area contributed by atoms with E-state index in [0.29, 0.717) is 6.54 Å². The highest BCUT2D eigenvalue weighted by molar-refractivity contribution is 5.77. The molecule has 17 heavy (non-hydrogen) atoms. The van der Waals surface area contributed by atoms with Gasteiger partial charge in [0.1, 0.15) is 0 Å². The molecule has 0 spiro atoms. The minimum Gasteiger partial charge on any atom is -0.379 e. The summed E-state index contributed by atoms with van der Waals surface area (Å²) in [5.74, 6) is 0.155. The van der Waals surface area contributed by atoms with Gasteiger partial charge in [0.05, 0.1) is 19.8 Å². The lowest BCUT2D eigenvalue weighted by atomic mass is 10.1. The molecule has 1 fully saturated rings. The Bertz CT molecular complexity index is 204. The molecule has 1 rings (SSSR count). The molecule has 0 aliphatic carbocycles. The summed E-state index contributed by atoms with van der Waals surface area (Å²) in [7, 11) is 0. The van der Waals surface area contributed by atoms with Gasteiger partial charge in [0.15, 0.2) is 0 Å². The summed E-state index contributed by atoms with van der Waals surface area (Å²) in [6.07, 6.45) is 6.20. The maximum absolute atomic E-state index is 11.6. The van der Waals surface area contributed by atoms with E-state index < -0.39 is 0 Å². The van der Waals surface area contributed by atoms with Crippen molar-refractivity contribution in [1.29, 1.82) is 0 Å². The minimum atomic E-state index is 0.155. The third kappa shape index (κ3) is 7.34. The van der Waals surface area contributed by atoms with E-state index in [1.165, 1.54) is 25.7 Å². The average molecular weight is 242 g/mol. The highest BCUT2D eigenvalue weighted by Gasteiger charge is 2.13. The molecular formula is C13H26N2O2. The summed E-state index contributed by atoms with van der Waals surface area (Å²) >= 11 is 0. The van der Waals surface area contributed by atoms with E-state index in [1.54, 1.807) is 0 Å². The van der Waals surface area contributed by atoms with Crippen LogP contribution in [-0.4, -0.2) is 50.2 Å². The molecule has 4 nitrogen and oxygen atoms in total. The summed E-state index contributed by atoms with van der Waals surface area (Å²) in [6, 6.07) is 0. The minimum absolute atomic E-state index is 0.155. The lowest BCUT2D eigenvalue weighted by molar-refractivity contribution is -0.123. The average Bonchev–Trinajstić information content (AvgIpc) is 2.35. The maximum Gasteiger partial charge on any atom is 0.234 e. The van der Waals surface area contributed by atoms with Crippen LogP contribution in [0.4, 0.5) is 0 Å². The molecule has 1 aliphatic heterocycles. The lowest BCUT2D eigenvalue weighted by Gasteiger charge is -2.25. The van der Waals surface area contributed by atoms with Gasteiger partial charge in [-0.1, -0.05) is 32.6 Å². The Balaban J connectivity index is 1.93. The molecule has 0 atom stereocenters. The second-order valence-electron chi connectivity index (χ2n) is 4.65. The second-order valence-corrected chi connectivity index (χ2v) is 4.65. The fraction of sp³-hybridized carbons (Fsp3) is 0.923. The van der Waals surface area contributed by atoms with Gasteiger partial charge in [0.25, 0.3) is 0 Å². The van der Waals surface area contributed by atoms with Gasteiger partial charge in [-0.05, 0) is 6.42 Å². The fourth-order valence-corrected chi connectivity index (χ4v) is 1.97. The summed E-state index contributed by atoms with van der Waals surface area (Å²) in [5.41, 5.74) is 0. The fourth-order valence-electron chi connectivity index (χ4n) is 1.97. The van der Waals surface area contributed by atoms with Crippen molar-refractivity contribution in [3.05, 3.63) is 0 Å². The molecule has 100 valence electrons. The van der Waals surface area contributed by atoms with Crippen LogP contribution in [0.5, 0.6) is 0 Å². The molecule has 0 aromatic heterocycles. The molecule has 0 bridgehead atoms. The van der Waals surface area contributed by atoms with Gasteiger partial charge in [0, 0.05) is 19.6 Å². The first kappa shape index (κ1) is 14.5. The monoisotopic (exact) mass is 242 g/mol. The lowest BCUT2D eigenvalue weighted by Crippen LogP contribution is -2.43. The number of carbonyl (C=O) groups excluding carboxylic acids is 1. The maximum atomic E-state index is 11.6. The van der Waals surface area contributed by atoms with E-state index in [-0.39, 0.29) is 5.91 Å².